The first-order chi connectivity index (χ1) is 5.22. The number of nitrogens with two attached hydrogens (primary N) is 1. The fourth-order valence-electron chi connectivity index (χ4n) is 1.60. The minimum Gasteiger partial charge on any atom is -0.329 e. The third-order valence-corrected chi connectivity index (χ3v) is 2.87. The molecular formula is C8H19N3. The Hall–Kier alpha value is -0.120. The molecule has 1 heterocycles. The Labute approximate surface area is 68.9 Å². The predicted octanol–water partition coefficient (Wildman–Crippen LogP) is -0.371. The van der Waals surface area contributed by atoms with E-state index in [4.69, 9.17) is 5.73 Å². The van der Waals surface area contributed by atoms with Crippen LogP contribution >= 0.6 is 0 Å². The van der Waals surface area contributed by atoms with Gasteiger partial charge in [0.2, 0.25) is 0 Å². The highest BCUT2D eigenvalue weighted by atomic mass is 15.1. The first kappa shape index (κ1) is 8.97. The van der Waals surface area contributed by atoms with Crippen LogP contribution < -0.4 is 11.1 Å². The lowest BCUT2D eigenvalue weighted by Gasteiger charge is -2.39. The summed E-state index contributed by atoms with van der Waals surface area (Å²) < 4.78 is 0. The molecule has 3 nitrogen and oxygen atoms in total. The Morgan fingerprint density at radius 1 is 1.45 bits per heavy atom. The van der Waals surface area contributed by atoms with Crippen LogP contribution in [0.25, 0.3) is 0 Å². The molecule has 1 saturated heterocycles. The average molecular weight is 157 g/mol. The molecule has 0 spiro atoms. The molecule has 1 rings (SSSR count). The zero-order valence-corrected chi connectivity index (χ0v) is 7.56. The van der Waals surface area contributed by atoms with Crippen molar-refractivity contribution in [2.24, 2.45) is 5.73 Å². The summed E-state index contributed by atoms with van der Waals surface area (Å²) in [4.78, 5) is 2.35. The lowest BCUT2D eigenvalue weighted by molar-refractivity contribution is 0.170. The smallest absolute Gasteiger partial charge is 0.0325 e. The van der Waals surface area contributed by atoms with Crippen molar-refractivity contribution in [3.63, 3.8) is 0 Å². The summed E-state index contributed by atoms with van der Waals surface area (Å²) in [5.41, 5.74) is 5.94. The molecule has 1 fully saturated rings. The van der Waals surface area contributed by atoms with Crippen LogP contribution in [0.15, 0.2) is 0 Å². The molecule has 0 aromatic rings. The van der Waals surface area contributed by atoms with Crippen molar-refractivity contribution in [1.29, 1.82) is 0 Å². The van der Waals surface area contributed by atoms with E-state index in [1.54, 1.807) is 0 Å². The minimum atomic E-state index is 0.229. The van der Waals surface area contributed by atoms with Crippen molar-refractivity contribution in [3.8, 4) is 0 Å². The summed E-state index contributed by atoms with van der Waals surface area (Å²) in [5.74, 6) is 0. The molecule has 0 unspecified atom stereocenters. The Morgan fingerprint density at radius 3 is 2.36 bits per heavy atom. The number of likely N-dealkylation sites (tertiary alicyclic amines) is 1. The maximum absolute atomic E-state index is 5.71. The Bertz CT molecular complexity index is 111. The largest absolute Gasteiger partial charge is 0.329 e. The van der Waals surface area contributed by atoms with E-state index in [1.165, 1.54) is 12.8 Å². The number of piperidine rings is 1. The number of nitrogens with zero attached hydrogens (tertiary/aromatic N) is 1. The van der Waals surface area contributed by atoms with Gasteiger partial charge >= 0.3 is 0 Å². The summed E-state index contributed by atoms with van der Waals surface area (Å²) in [6.07, 6.45) is 2.35. The zero-order chi connectivity index (χ0) is 8.32. The molecule has 0 amide bonds. The lowest BCUT2D eigenvalue weighted by atomic mass is 9.88. The van der Waals surface area contributed by atoms with Crippen LogP contribution in [0.3, 0.4) is 0 Å². The second kappa shape index (κ2) is 3.52. The van der Waals surface area contributed by atoms with E-state index in [0.717, 1.165) is 19.6 Å². The van der Waals surface area contributed by atoms with Gasteiger partial charge < -0.3 is 16.0 Å². The molecule has 66 valence electrons. The van der Waals surface area contributed by atoms with Gasteiger partial charge in [0.15, 0.2) is 0 Å². The van der Waals surface area contributed by atoms with Crippen LogP contribution in [0, 0.1) is 0 Å². The van der Waals surface area contributed by atoms with E-state index in [2.05, 4.69) is 17.3 Å². The van der Waals surface area contributed by atoms with Gasteiger partial charge in [0.25, 0.3) is 0 Å². The van der Waals surface area contributed by atoms with E-state index in [0.29, 0.717) is 0 Å². The summed E-state index contributed by atoms with van der Waals surface area (Å²) in [6.45, 7) is 3.09. The van der Waals surface area contributed by atoms with Crippen LogP contribution in [0.1, 0.15) is 12.8 Å². The number of nitrogens with one attached hydrogen (secondary N) is 1. The second-order valence-corrected chi connectivity index (χ2v) is 3.54. The molecule has 3 N–H and O–H groups in total. The van der Waals surface area contributed by atoms with E-state index < -0.39 is 0 Å². The minimum absolute atomic E-state index is 0.229. The van der Waals surface area contributed by atoms with Crippen LogP contribution in [0.5, 0.6) is 0 Å². The Morgan fingerprint density at radius 2 is 2.00 bits per heavy atom. The summed E-state index contributed by atoms with van der Waals surface area (Å²) in [6, 6.07) is 0. The van der Waals surface area contributed by atoms with E-state index in [-0.39, 0.29) is 5.54 Å². The predicted molar refractivity (Wildman–Crippen MR) is 47.6 cm³/mol. The number of hydrogen-bond acceptors (Lipinski definition) is 3. The molecule has 1 aliphatic rings. The Kier molecular flexibility index (Phi) is 2.87. The van der Waals surface area contributed by atoms with Gasteiger partial charge in [-0.1, -0.05) is 0 Å². The van der Waals surface area contributed by atoms with E-state index >= 15 is 0 Å². The van der Waals surface area contributed by atoms with Crippen molar-refractivity contribution in [1.82, 2.24) is 10.2 Å². The zero-order valence-electron chi connectivity index (χ0n) is 7.56. The van der Waals surface area contributed by atoms with E-state index in [1.807, 2.05) is 7.05 Å². The van der Waals surface area contributed by atoms with Gasteiger partial charge in [0.1, 0.15) is 0 Å². The molecule has 0 atom stereocenters. The maximum atomic E-state index is 5.71. The first-order valence-corrected chi connectivity index (χ1v) is 4.30. The third-order valence-electron chi connectivity index (χ3n) is 2.87. The molecule has 0 aliphatic carbocycles. The van der Waals surface area contributed by atoms with Gasteiger partial charge in [-0.05, 0) is 40.0 Å². The van der Waals surface area contributed by atoms with Crippen molar-refractivity contribution in [2.45, 2.75) is 18.4 Å². The Balaban J connectivity index is 2.45. The molecule has 11 heavy (non-hydrogen) atoms. The number of likely N-dealkylation sites (N-methyl/N-ethyl adjacent to an activating group) is 1. The summed E-state index contributed by atoms with van der Waals surface area (Å²) in [5, 5.41) is 3.34. The van der Waals surface area contributed by atoms with Gasteiger partial charge in [-0.15, -0.1) is 0 Å². The van der Waals surface area contributed by atoms with Crippen LogP contribution in [-0.2, 0) is 0 Å². The van der Waals surface area contributed by atoms with Gasteiger partial charge in [-0.25, -0.2) is 0 Å². The monoisotopic (exact) mass is 157 g/mol. The molecule has 0 saturated carbocycles. The SMILES string of the molecule is CNC1(CN)CCN(C)CC1. The quantitative estimate of drug-likeness (QED) is 0.574. The van der Waals surface area contributed by atoms with Crippen molar-refractivity contribution in [3.05, 3.63) is 0 Å². The number of rotatable bonds is 2. The molecule has 0 aromatic carbocycles. The molecule has 0 aromatic heterocycles. The van der Waals surface area contributed by atoms with Crippen LogP contribution in [-0.4, -0.2) is 44.2 Å². The molecule has 1 aliphatic heterocycles. The molecule has 0 bridgehead atoms. The summed E-state index contributed by atoms with van der Waals surface area (Å²) >= 11 is 0. The number of hydrogen-bond donors (Lipinski definition) is 2. The second-order valence-electron chi connectivity index (χ2n) is 3.54. The van der Waals surface area contributed by atoms with Crippen LogP contribution in [0.4, 0.5) is 0 Å². The van der Waals surface area contributed by atoms with Gasteiger partial charge in [-0.3, -0.25) is 0 Å². The average Bonchev–Trinajstić information content (AvgIpc) is 2.07. The normalized spacial score (nSPS) is 25.4. The first-order valence-electron chi connectivity index (χ1n) is 4.30. The van der Waals surface area contributed by atoms with Crippen molar-refractivity contribution >= 4 is 0 Å². The lowest BCUT2D eigenvalue weighted by Crippen LogP contribution is -2.55. The van der Waals surface area contributed by atoms with Crippen LogP contribution in [0.2, 0.25) is 0 Å². The maximum Gasteiger partial charge on any atom is 0.0325 e. The molecule has 3 heteroatoms. The van der Waals surface area contributed by atoms with Gasteiger partial charge in [0.05, 0.1) is 0 Å². The topological polar surface area (TPSA) is 41.3 Å². The van der Waals surface area contributed by atoms with Gasteiger partial charge in [0, 0.05) is 12.1 Å². The van der Waals surface area contributed by atoms with E-state index in [9.17, 15) is 0 Å². The molecular weight excluding hydrogens is 138 g/mol. The van der Waals surface area contributed by atoms with Crippen molar-refractivity contribution < 1.29 is 0 Å². The highest BCUT2D eigenvalue weighted by Gasteiger charge is 2.29. The fraction of sp³-hybridized carbons (Fsp3) is 1.00. The highest BCUT2D eigenvalue weighted by molar-refractivity contribution is 4.92. The standard InChI is InChI=1S/C8H19N3/c1-10-8(7-9)3-5-11(2)6-4-8/h10H,3-7,9H2,1-2H3. The van der Waals surface area contributed by atoms with Crippen molar-refractivity contribution in [2.75, 3.05) is 33.7 Å². The fourth-order valence-corrected chi connectivity index (χ4v) is 1.60. The third kappa shape index (κ3) is 1.92. The molecule has 0 radical (unpaired) electrons. The highest BCUT2D eigenvalue weighted by Crippen LogP contribution is 2.19. The summed E-state index contributed by atoms with van der Waals surface area (Å²) in [7, 11) is 4.17. The van der Waals surface area contributed by atoms with Gasteiger partial charge in [-0.2, -0.15) is 0 Å².